The number of aryl methyl sites for hydroxylation is 1. The van der Waals surface area contributed by atoms with Gasteiger partial charge in [0.05, 0.1) is 11.5 Å². The Morgan fingerprint density at radius 3 is 2.70 bits per heavy atom. The van der Waals surface area contributed by atoms with Gasteiger partial charge in [-0.1, -0.05) is 12.1 Å². The molecule has 1 atom stereocenters. The predicted molar refractivity (Wildman–Crippen MR) is 116 cm³/mol. The molecular weight excluding hydrogens is 432 g/mol. The lowest BCUT2D eigenvalue weighted by Crippen LogP contribution is -2.16. The molecule has 10 heteroatoms. The molecule has 33 heavy (non-hydrogen) atoms. The van der Waals surface area contributed by atoms with Gasteiger partial charge in [-0.2, -0.15) is 0 Å². The average molecular weight is 450 g/mol. The molecule has 1 N–H and O–H groups in total. The number of anilines is 1. The van der Waals surface area contributed by atoms with E-state index in [2.05, 4.69) is 5.32 Å². The van der Waals surface area contributed by atoms with Crippen molar-refractivity contribution in [3.63, 3.8) is 0 Å². The van der Waals surface area contributed by atoms with Gasteiger partial charge in [0, 0.05) is 40.9 Å². The number of hydrogen-bond donors (Lipinski definition) is 1. The maximum atomic E-state index is 12.7. The van der Waals surface area contributed by atoms with Crippen LogP contribution in [0.4, 0.5) is 11.4 Å². The first-order valence-electron chi connectivity index (χ1n) is 9.96. The molecule has 0 amide bonds. The van der Waals surface area contributed by atoms with Crippen molar-refractivity contribution < 1.29 is 28.4 Å². The number of non-ortho nitro benzene ring substituents is 1. The first kappa shape index (κ1) is 21.8. The Kier molecular flexibility index (Phi) is 5.65. The molecule has 0 saturated heterocycles. The van der Waals surface area contributed by atoms with Crippen LogP contribution in [-0.2, 0) is 19.1 Å². The van der Waals surface area contributed by atoms with Gasteiger partial charge in [0.1, 0.15) is 16.9 Å². The molecular formula is C23H18N2O8. The number of benzene rings is 2. The van der Waals surface area contributed by atoms with Gasteiger partial charge in [-0.15, -0.1) is 0 Å². The number of carbonyl (C=O) groups is 2. The SMILES string of the molecule is CCOC(=O)C1=C(Nc2ccc3c(C)cc(=O)oc3c2)C(=O)OC1c1cccc([N+](=O)[O-])c1. The second-order valence-corrected chi connectivity index (χ2v) is 7.23. The van der Waals surface area contributed by atoms with Gasteiger partial charge in [0.15, 0.2) is 6.10 Å². The molecule has 4 rings (SSSR count). The molecule has 0 bridgehead atoms. The summed E-state index contributed by atoms with van der Waals surface area (Å²) >= 11 is 0. The molecule has 1 aliphatic rings. The third-order valence-corrected chi connectivity index (χ3v) is 5.06. The Bertz CT molecular complexity index is 1390. The Morgan fingerprint density at radius 1 is 1.18 bits per heavy atom. The van der Waals surface area contributed by atoms with Crippen molar-refractivity contribution in [2.75, 3.05) is 11.9 Å². The maximum absolute atomic E-state index is 12.7. The summed E-state index contributed by atoms with van der Waals surface area (Å²) in [5.74, 6) is -1.63. The molecule has 0 spiro atoms. The van der Waals surface area contributed by atoms with Crippen molar-refractivity contribution in [3.8, 4) is 0 Å². The first-order valence-corrected chi connectivity index (χ1v) is 9.96. The number of nitro benzene ring substituents is 1. The minimum Gasteiger partial charge on any atom is -0.462 e. The van der Waals surface area contributed by atoms with Crippen LogP contribution >= 0.6 is 0 Å². The number of nitrogens with zero attached hydrogens (tertiary/aromatic N) is 1. The maximum Gasteiger partial charge on any atom is 0.356 e. The number of esters is 2. The summed E-state index contributed by atoms with van der Waals surface area (Å²) < 4.78 is 15.7. The van der Waals surface area contributed by atoms with Crippen LogP contribution in [0.15, 0.2) is 69.0 Å². The lowest BCUT2D eigenvalue weighted by atomic mass is 10.0. The van der Waals surface area contributed by atoms with Crippen molar-refractivity contribution >= 4 is 34.3 Å². The van der Waals surface area contributed by atoms with Crippen molar-refractivity contribution in [1.29, 1.82) is 0 Å². The lowest BCUT2D eigenvalue weighted by Gasteiger charge is -2.13. The van der Waals surface area contributed by atoms with Crippen molar-refractivity contribution in [2.24, 2.45) is 0 Å². The van der Waals surface area contributed by atoms with E-state index in [1.54, 1.807) is 26.0 Å². The number of nitro groups is 1. The van der Waals surface area contributed by atoms with Gasteiger partial charge < -0.3 is 19.2 Å². The highest BCUT2D eigenvalue weighted by Crippen LogP contribution is 2.38. The molecule has 2 aromatic carbocycles. The quantitative estimate of drug-likeness (QED) is 0.259. The van der Waals surface area contributed by atoms with Crippen molar-refractivity contribution in [1.82, 2.24) is 0 Å². The summed E-state index contributed by atoms with van der Waals surface area (Å²) in [6.45, 7) is 3.43. The Hall–Kier alpha value is -4.47. The minimum atomic E-state index is -1.19. The highest BCUT2D eigenvalue weighted by molar-refractivity contribution is 6.06. The largest absolute Gasteiger partial charge is 0.462 e. The number of ether oxygens (including phenoxy) is 2. The zero-order chi connectivity index (χ0) is 23.7. The molecule has 2 heterocycles. The average Bonchev–Trinajstić information content (AvgIpc) is 3.09. The fourth-order valence-corrected chi connectivity index (χ4v) is 3.59. The van der Waals surface area contributed by atoms with Crippen LogP contribution in [-0.4, -0.2) is 23.5 Å². The summed E-state index contributed by atoms with van der Waals surface area (Å²) in [6, 6.07) is 11.7. The predicted octanol–water partition coefficient (Wildman–Crippen LogP) is 3.54. The van der Waals surface area contributed by atoms with Crippen LogP contribution < -0.4 is 10.9 Å². The van der Waals surface area contributed by atoms with Crippen LogP contribution in [0.3, 0.4) is 0 Å². The Balaban J connectivity index is 1.79. The van der Waals surface area contributed by atoms with Gasteiger partial charge in [0.25, 0.3) is 5.69 Å². The normalized spacial score (nSPS) is 15.5. The van der Waals surface area contributed by atoms with E-state index >= 15 is 0 Å². The van der Waals surface area contributed by atoms with Crippen LogP contribution in [0.25, 0.3) is 11.0 Å². The van der Waals surface area contributed by atoms with E-state index in [-0.39, 0.29) is 29.1 Å². The highest BCUT2D eigenvalue weighted by atomic mass is 16.6. The topological polar surface area (TPSA) is 138 Å². The third-order valence-electron chi connectivity index (χ3n) is 5.06. The summed E-state index contributed by atoms with van der Waals surface area (Å²) in [5, 5.41) is 14.7. The molecule has 0 radical (unpaired) electrons. The second kappa shape index (κ2) is 8.58. The van der Waals surface area contributed by atoms with Crippen molar-refractivity contribution in [3.05, 3.63) is 91.5 Å². The highest BCUT2D eigenvalue weighted by Gasteiger charge is 2.41. The number of fused-ring (bicyclic) bond motifs is 1. The van der Waals surface area contributed by atoms with E-state index in [1.807, 2.05) is 0 Å². The van der Waals surface area contributed by atoms with E-state index in [0.29, 0.717) is 16.7 Å². The summed E-state index contributed by atoms with van der Waals surface area (Å²) in [5.41, 5.74) is 0.618. The smallest absolute Gasteiger partial charge is 0.356 e. The Morgan fingerprint density at radius 2 is 1.97 bits per heavy atom. The van der Waals surface area contributed by atoms with Gasteiger partial charge in [-0.05, 0) is 31.5 Å². The summed E-state index contributed by atoms with van der Waals surface area (Å²) in [4.78, 5) is 47.8. The summed E-state index contributed by atoms with van der Waals surface area (Å²) in [7, 11) is 0. The molecule has 0 aliphatic carbocycles. The zero-order valence-corrected chi connectivity index (χ0v) is 17.6. The Labute approximate surface area is 186 Å². The van der Waals surface area contributed by atoms with Gasteiger partial charge in [-0.25, -0.2) is 14.4 Å². The third kappa shape index (κ3) is 4.18. The molecule has 0 saturated carbocycles. The van der Waals surface area contributed by atoms with Gasteiger partial charge in [-0.3, -0.25) is 10.1 Å². The standard InChI is InChI=1S/C23H18N2O8/c1-3-31-22(27)19-20(23(28)33-21(19)13-5-4-6-15(10-13)25(29)30)24-14-7-8-16-12(2)9-18(26)32-17(16)11-14/h4-11,21,24H,3H2,1-2H3. The van der Waals surface area contributed by atoms with Gasteiger partial charge >= 0.3 is 17.6 Å². The number of rotatable bonds is 6. The monoisotopic (exact) mass is 450 g/mol. The van der Waals surface area contributed by atoms with Crippen LogP contribution in [0.2, 0.25) is 0 Å². The van der Waals surface area contributed by atoms with E-state index < -0.39 is 28.6 Å². The zero-order valence-electron chi connectivity index (χ0n) is 17.6. The van der Waals surface area contributed by atoms with E-state index in [1.165, 1.54) is 36.4 Å². The second-order valence-electron chi connectivity index (χ2n) is 7.23. The molecule has 1 aliphatic heterocycles. The van der Waals surface area contributed by atoms with Crippen LogP contribution in [0, 0.1) is 17.0 Å². The van der Waals surface area contributed by atoms with E-state index in [4.69, 9.17) is 13.9 Å². The van der Waals surface area contributed by atoms with Crippen LogP contribution in [0.5, 0.6) is 0 Å². The molecule has 1 unspecified atom stereocenters. The van der Waals surface area contributed by atoms with Gasteiger partial charge in [0.2, 0.25) is 0 Å². The first-order chi connectivity index (χ1) is 15.8. The molecule has 10 nitrogen and oxygen atoms in total. The molecule has 168 valence electrons. The number of nitrogens with one attached hydrogen (secondary N) is 1. The minimum absolute atomic E-state index is 0.0475. The number of cyclic esters (lactones) is 1. The van der Waals surface area contributed by atoms with Crippen molar-refractivity contribution in [2.45, 2.75) is 20.0 Å². The van der Waals surface area contributed by atoms with Crippen LogP contribution in [0.1, 0.15) is 24.2 Å². The van der Waals surface area contributed by atoms with E-state index in [0.717, 1.165) is 5.56 Å². The van der Waals surface area contributed by atoms with E-state index in [9.17, 15) is 24.5 Å². The number of hydrogen-bond acceptors (Lipinski definition) is 9. The fraction of sp³-hybridized carbons (Fsp3) is 0.174. The lowest BCUT2D eigenvalue weighted by molar-refractivity contribution is -0.385. The summed E-state index contributed by atoms with van der Waals surface area (Å²) in [6.07, 6.45) is -1.19. The molecule has 0 fully saturated rings. The molecule has 3 aromatic rings. The number of carbonyl (C=O) groups excluding carboxylic acids is 2. The molecule has 1 aromatic heterocycles. The fourth-order valence-electron chi connectivity index (χ4n) is 3.59.